The van der Waals surface area contributed by atoms with Crippen LogP contribution in [-0.4, -0.2) is 6.04 Å². The molecular formula is C17H19BrClNO. The van der Waals surface area contributed by atoms with Crippen LogP contribution in [-0.2, 0) is 6.42 Å². The van der Waals surface area contributed by atoms with E-state index in [1.54, 1.807) is 0 Å². The lowest BCUT2D eigenvalue weighted by Gasteiger charge is -2.13. The minimum atomic E-state index is 0.187. The molecule has 0 spiro atoms. The van der Waals surface area contributed by atoms with Crippen LogP contribution in [0.1, 0.15) is 24.5 Å². The van der Waals surface area contributed by atoms with Gasteiger partial charge >= 0.3 is 0 Å². The fraction of sp³-hybridized carbons (Fsp3) is 0.294. The zero-order valence-electron chi connectivity index (χ0n) is 12.2. The van der Waals surface area contributed by atoms with Gasteiger partial charge < -0.3 is 10.5 Å². The van der Waals surface area contributed by atoms with E-state index in [9.17, 15) is 0 Å². The number of hydrogen-bond donors (Lipinski definition) is 1. The molecule has 0 aliphatic rings. The van der Waals surface area contributed by atoms with Crippen molar-refractivity contribution in [3.63, 3.8) is 0 Å². The summed E-state index contributed by atoms with van der Waals surface area (Å²) in [5.41, 5.74) is 8.21. The van der Waals surface area contributed by atoms with Crippen LogP contribution in [0, 0.1) is 6.92 Å². The third-order valence-corrected chi connectivity index (χ3v) is 4.37. The van der Waals surface area contributed by atoms with Gasteiger partial charge in [-0.1, -0.05) is 40.5 Å². The van der Waals surface area contributed by atoms with Gasteiger partial charge in [-0.05, 0) is 61.2 Å². The van der Waals surface area contributed by atoms with Gasteiger partial charge in [-0.2, -0.15) is 0 Å². The monoisotopic (exact) mass is 367 g/mol. The summed E-state index contributed by atoms with van der Waals surface area (Å²) in [6.45, 7) is 4.07. The third kappa shape index (κ3) is 4.47. The van der Waals surface area contributed by atoms with Crippen molar-refractivity contribution in [2.45, 2.75) is 32.7 Å². The number of benzene rings is 2. The number of rotatable bonds is 5. The maximum atomic E-state index is 6.00. The van der Waals surface area contributed by atoms with Crippen LogP contribution < -0.4 is 10.5 Å². The molecule has 2 rings (SSSR count). The molecule has 2 aromatic rings. The second-order valence-electron chi connectivity index (χ2n) is 5.14. The molecular weight excluding hydrogens is 350 g/mol. The molecule has 112 valence electrons. The van der Waals surface area contributed by atoms with Crippen LogP contribution >= 0.6 is 27.5 Å². The Labute approximate surface area is 139 Å². The average Bonchev–Trinajstić information content (AvgIpc) is 2.44. The molecule has 1 atom stereocenters. The van der Waals surface area contributed by atoms with E-state index >= 15 is 0 Å². The standard InChI is InChI=1S/C17H19BrClNO/c1-3-14(20)9-12-4-6-15(10-16(12)18)21-17-7-5-13(19)8-11(17)2/h4-8,10,14H,3,9,20H2,1-2H3. The van der Waals surface area contributed by atoms with Crippen LogP contribution in [0.5, 0.6) is 11.5 Å². The van der Waals surface area contributed by atoms with Crippen LogP contribution in [0.15, 0.2) is 40.9 Å². The molecule has 2 aromatic carbocycles. The molecule has 0 bridgehead atoms. The van der Waals surface area contributed by atoms with Gasteiger partial charge in [-0.15, -0.1) is 0 Å². The fourth-order valence-corrected chi connectivity index (χ4v) is 2.78. The van der Waals surface area contributed by atoms with Gasteiger partial charge in [0.2, 0.25) is 0 Å². The first-order valence-electron chi connectivity index (χ1n) is 6.97. The normalized spacial score (nSPS) is 12.2. The van der Waals surface area contributed by atoms with Crippen LogP contribution in [0.4, 0.5) is 0 Å². The molecule has 1 unspecified atom stereocenters. The maximum absolute atomic E-state index is 6.00. The predicted octanol–water partition coefficient (Wildman–Crippen LogP) is 5.48. The SMILES string of the molecule is CCC(N)Cc1ccc(Oc2ccc(Cl)cc2C)cc1Br. The van der Waals surface area contributed by atoms with Crippen molar-refractivity contribution in [3.05, 3.63) is 57.0 Å². The van der Waals surface area contributed by atoms with E-state index in [4.69, 9.17) is 22.1 Å². The molecule has 0 saturated carbocycles. The average molecular weight is 369 g/mol. The van der Waals surface area contributed by atoms with Crippen molar-refractivity contribution in [2.24, 2.45) is 5.73 Å². The van der Waals surface area contributed by atoms with Crippen molar-refractivity contribution in [2.75, 3.05) is 0 Å². The Balaban J connectivity index is 2.16. The topological polar surface area (TPSA) is 35.2 Å². The Hall–Kier alpha value is -1.03. The fourth-order valence-electron chi connectivity index (χ4n) is 2.04. The second-order valence-corrected chi connectivity index (χ2v) is 6.43. The molecule has 4 heteroatoms. The first kappa shape index (κ1) is 16.3. The van der Waals surface area contributed by atoms with Gasteiger partial charge in [0.15, 0.2) is 0 Å². The predicted molar refractivity (Wildman–Crippen MR) is 92.4 cm³/mol. The lowest BCUT2D eigenvalue weighted by molar-refractivity contribution is 0.478. The van der Waals surface area contributed by atoms with E-state index < -0.39 is 0 Å². The molecule has 0 aromatic heterocycles. The summed E-state index contributed by atoms with van der Waals surface area (Å²) >= 11 is 9.54. The van der Waals surface area contributed by atoms with E-state index in [0.29, 0.717) is 5.02 Å². The summed E-state index contributed by atoms with van der Waals surface area (Å²) in [4.78, 5) is 0. The summed E-state index contributed by atoms with van der Waals surface area (Å²) in [5, 5.41) is 0.713. The van der Waals surface area contributed by atoms with Crippen molar-refractivity contribution in [3.8, 4) is 11.5 Å². The molecule has 0 saturated heterocycles. The molecule has 0 aliphatic carbocycles. The number of halogens is 2. The number of ether oxygens (including phenoxy) is 1. The first-order chi connectivity index (χ1) is 9.99. The van der Waals surface area contributed by atoms with Gasteiger partial charge in [0, 0.05) is 15.5 Å². The largest absolute Gasteiger partial charge is 0.457 e. The first-order valence-corrected chi connectivity index (χ1v) is 8.14. The van der Waals surface area contributed by atoms with E-state index in [1.807, 2.05) is 37.3 Å². The number of hydrogen-bond acceptors (Lipinski definition) is 2. The van der Waals surface area contributed by atoms with Crippen molar-refractivity contribution in [1.29, 1.82) is 0 Å². The van der Waals surface area contributed by atoms with Crippen molar-refractivity contribution in [1.82, 2.24) is 0 Å². The van der Waals surface area contributed by atoms with Gasteiger partial charge in [0.05, 0.1) is 0 Å². The lowest BCUT2D eigenvalue weighted by atomic mass is 10.0. The molecule has 2 nitrogen and oxygen atoms in total. The Morgan fingerprint density at radius 1 is 1.24 bits per heavy atom. The van der Waals surface area contributed by atoms with E-state index in [0.717, 1.165) is 34.4 Å². The van der Waals surface area contributed by atoms with E-state index in [2.05, 4.69) is 28.9 Å². The maximum Gasteiger partial charge on any atom is 0.130 e. The zero-order chi connectivity index (χ0) is 15.4. The molecule has 0 amide bonds. The summed E-state index contributed by atoms with van der Waals surface area (Å²) in [5.74, 6) is 1.60. The highest BCUT2D eigenvalue weighted by Crippen LogP contribution is 2.30. The summed E-state index contributed by atoms with van der Waals surface area (Å²) in [6.07, 6.45) is 1.83. The highest BCUT2D eigenvalue weighted by atomic mass is 79.9. The number of nitrogens with two attached hydrogens (primary N) is 1. The molecule has 0 radical (unpaired) electrons. The van der Waals surface area contributed by atoms with Gasteiger partial charge in [0.1, 0.15) is 11.5 Å². The minimum Gasteiger partial charge on any atom is -0.457 e. The Kier molecular flexibility index (Phi) is 5.68. The Morgan fingerprint density at radius 3 is 2.62 bits per heavy atom. The van der Waals surface area contributed by atoms with Gasteiger partial charge in [-0.3, -0.25) is 0 Å². The highest BCUT2D eigenvalue weighted by Gasteiger charge is 2.08. The molecule has 21 heavy (non-hydrogen) atoms. The van der Waals surface area contributed by atoms with Gasteiger partial charge in [-0.25, -0.2) is 0 Å². The van der Waals surface area contributed by atoms with Crippen LogP contribution in [0.2, 0.25) is 5.02 Å². The highest BCUT2D eigenvalue weighted by molar-refractivity contribution is 9.10. The molecule has 0 heterocycles. The lowest BCUT2D eigenvalue weighted by Crippen LogP contribution is -2.21. The van der Waals surface area contributed by atoms with E-state index in [1.165, 1.54) is 5.56 Å². The quantitative estimate of drug-likeness (QED) is 0.758. The summed E-state index contributed by atoms with van der Waals surface area (Å²) in [6, 6.07) is 11.8. The van der Waals surface area contributed by atoms with E-state index in [-0.39, 0.29) is 6.04 Å². The van der Waals surface area contributed by atoms with Crippen molar-refractivity contribution >= 4 is 27.5 Å². The number of aryl methyl sites for hydroxylation is 1. The zero-order valence-corrected chi connectivity index (χ0v) is 14.5. The minimum absolute atomic E-state index is 0.187. The van der Waals surface area contributed by atoms with Crippen LogP contribution in [0.3, 0.4) is 0 Å². The van der Waals surface area contributed by atoms with Crippen LogP contribution in [0.25, 0.3) is 0 Å². The molecule has 2 N–H and O–H groups in total. The Bertz CT molecular complexity index is 630. The van der Waals surface area contributed by atoms with Gasteiger partial charge in [0.25, 0.3) is 0 Å². The molecule has 0 aliphatic heterocycles. The summed E-state index contributed by atoms with van der Waals surface area (Å²) in [7, 11) is 0. The molecule has 0 fully saturated rings. The van der Waals surface area contributed by atoms with Crippen molar-refractivity contribution < 1.29 is 4.74 Å². The third-order valence-electron chi connectivity index (χ3n) is 3.40. The Morgan fingerprint density at radius 2 is 2.00 bits per heavy atom. The summed E-state index contributed by atoms with van der Waals surface area (Å²) < 4.78 is 6.94. The smallest absolute Gasteiger partial charge is 0.130 e. The second kappa shape index (κ2) is 7.30.